The zero-order valence-corrected chi connectivity index (χ0v) is 9.88. The Morgan fingerprint density at radius 1 is 0.812 bits per heavy atom. The zero-order chi connectivity index (χ0) is 12.2. The molecule has 0 unspecified atom stereocenters. The predicted octanol–water partition coefficient (Wildman–Crippen LogP) is -0.708. The molecule has 0 heterocycles. The summed E-state index contributed by atoms with van der Waals surface area (Å²) in [4.78, 5) is 20.8. The molecule has 6 heteroatoms. The van der Waals surface area contributed by atoms with Crippen molar-refractivity contribution in [2.45, 2.75) is 13.8 Å². The number of carbonyl (C=O) groups excluding carboxylic acids is 2. The van der Waals surface area contributed by atoms with Crippen molar-refractivity contribution in [2.24, 2.45) is 0 Å². The maximum atomic E-state index is 10.4. The van der Waals surface area contributed by atoms with Gasteiger partial charge in [-0.1, -0.05) is 0 Å². The number of hydrogen-bond donors (Lipinski definition) is 2. The molecule has 2 N–H and O–H groups in total. The molecule has 0 amide bonds. The molecule has 0 rings (SSSR count). The summed E-state index contributed by atoms with van der Waals surface area (Å²) in [5, 5.41) is 6.19. The Balaban J connectivity index is 2.98. The second-order valence-electron chi connectivity index (χ2n) is 3.18. The van der Waals surface area contributed by atoms with Gasteiger partial charge in [-0.15, -0.1) is 0 Å². The summed E-state index contributed by atoms with van der Waals surface area (Å²) < 4.78 is 9.47. The topological polar surface area (TPSA) is 76.7 Å². The van der Waals surface area contributed by atoms with Crippen LogP contribution in [0.3, 0.4) is 0 Å². The van der Waals surface area contributed by atoms with Gasteiger partial charge in [-0.3, -0.25) is 9.59 Å². The van der Waals surface area contributed by atoms with Gasteiger partial charge in [0, 0.05) is 40.0 Å². The highest BCUT2D eigenvalue weighted by Crippen LogP contribution is 1.74. The molecule has 0 atom stereocenters. The first kappa shape index (κ1) is 14.9. The van der Waals surface area contributed by atoms with Crippen molar-refractivity contribution in [3.8, 4) is 0 Å². The number of rotatable bonds is 9. The van der Waals surface area contributed by atoms with E-state index in [1.807, 2.05) is 0 Å². The van der Waals surface area contributed by atoms with Crippen LogP contribution in [0, 0.1) is 0 Å². The third-order valence-electron chi connectivity index (χ3n) is 1.65. The molecule has 0 spiro atoms. The number of nitrogens with one attached hydrogen (secondary N) is 2. The monoisotopic (exact) mass is 232 g/mol. The van der Waals surface area contributed by atoms with E-state index in [4.69, 9.17) is 9.47 Å². The first-order valence-electron chi connectivity index (χ1n) is 5.31. The van der Waals surface area contributed by atoms with Gasteiger partial charge in [0.2, 0.25) is 0 Å². The van der Waals surface area contributed by atoms with Crippen LogP contribution in [-0.4, -0.2) is 51.3 Å². The van der Waals surface area contributed by atoms with Crippen LogP contribution in [0.2, 0.25) is 0 Å². The van der Waals surface area contributed by atoms with E-state index < -0.39 is 0 Å². The number of esters is 2. The van der Waals surface area contributed by atoms with E-state index in [0.717, 1.165) is 13.1 Å². The van der Waals surface area contributed by atoms with Gasteiger partial charge in [0.15, 0.2) is 0 Å². The standard InChI is InChI=1S/C10H20N2O4/c1-9(13)15-7-5-11-3-4-12-6-8-16-10(2)14/h11-12H,3-8H2,1-2H3. The normalized spacial score (nSPS) is 9.88. The van der Waals surface area contributed by atoms with Crippen molar-refractivity contribution in [1.29, 1.82) is 0 Å². The van der Waals surface area contributed by atoms with E-state index >= 15 is 0 Å². The summed E-state index contributed by atoms with van der Waals surface area (Å²) >= 11 is 0. The van der Waals surface area contributed by atoms with Gasteiger partial charge in [-0.25, -0.2) is 0 Å². The van der Waals surface area contributed by atoms with Crippen LogP contribution in [0.15, 0.2) is 0 Å². The van der Waals surface area contributed by atoms with E-state index in [2.05, 4.69) is 10.6 Å². The van der Waals surface area contributed by atoms with Crippen molar-refractivity contribution in [1.82, 2.24) is 10.6 Å². The van der Waals surface area contributed by atoms with Crippen LogP contribution in [-0.2, 0) is 19.1 Å². The van der Waals surface area contributed by atoms with Crippen molar-refractivity contribution < 1.29 is 19.1 Å². The highest BCUT2D eigenvalue weighted by atomic mass is 16.5. The molecule has 0 aliphatic carbocycles. The molecule has 0 aliphatic rings. The highest BCUT2D eigenvalue weighted by Gasteiger charge is 1.93. The molecule has 0 saturated heterocycles. The van der Waals surface area contributed by atoms with Gasteiger partial charge in [0.1, 0.15) is 13.2 Å². The quantitative estimate of drug-likeness (QED) is 0.404. The lowest BCUT2D eigenvalue weighted by Crippen LogP contribution is -2.31. The molecule has 16 heavy (non-hydrogen) atoms. The number of carbonyl (C=O) groups is 2. The van der Waals surface area contributed by atoms with Crippen LogP contribution in [0.5, 0.6) is 0 Å². The molecule has 0 fully saturated rings. The third kappa shape index (κ3) is 12.9. The minimum Gasteiger partial charge on any atom is -0.465 e. The smallest absolute Gasteiger partial charge is 0.302 e. The molecule has 94 valence electrons. The number of hydrogen-bond acceptors (Lipinski definition) is 6. The van der Waals surface area contributed by atoms with Gasteiger partial charge in [-0.05, 0) is 0 Å². The fourth-order valence-electron chi connectivity index (χ4n) is 0.961. The van der Waals surface area contributed by atoms with Gasteiger partial charge in [0.25, 0.3) is 0 Å². The van der Waals surface area contributed by atoms with Crippen LogP contribution in [0.25, 0.3) is 0 Å². The lowest BCUT2D eigenvalue weighted by molar-refractivity contribution is -0.141. The van der Waals surface area contributed by atoms with E-state index in [0.29, 0.717) is 26.3 Å². The zero-order valence-electron chi connectivity index (χ0n) is 9.88. The SMILES string of the molecule is CC(=O)OCCNCCNCCOC(C)=O. The van der Waals surface area contributed by atoms with E-state index in [1.54, 1.807) is 0 Å². The van der Waals surface area contributed by atoms with Crippen molar-refractivity contribution in [3.05, 3.63) is 0 Å². The largest absolute Gasteiger partial charge is 0.465 e. The van der Waals surface area contributed by atoms with Crippen molar-refractivity contribution in [3.63, 3.8) is 0 Å². The Morgan fingerprint density at radius 2 is 1.19 bits per heavy atom. The van der Waals surface area contributed by atoms with Crippen molar-refractivity contribution >= 4 is 11.9 Å². The van der Waals surface area contributed by atoms with Crippen molar-refractivity contribution in [2.75, 3.05) is 39.4 Å². The second-order valence-corrected chi connectivity index (χ2v) is 3.18. The lowest BCUT2D eigenvalue weighted by Gasteiger charge is -2.06. The molecular weight excluding hydrogens is 212 g/mol. The molecule has 0 radical (unpaired) electrons. The Hall–Kier alpha value is -1.14. The van der Waals surface area contributed by atoms with Crippen LogP contribution in [0.4, 0.5) is 0 Å². The van der Waals surface area contributed by atoms with E-state index in [-0.39, 0.29) is 11.9 Å². The van der Waals surface area contributed by atoms with Gasteiger partial charge in [-0.2, -0.15) is 0 Å². The first-order chi connectivity index (χ1) is 7.63. The molecule has 0 aromatic carbocycles. The molecule has 0 aliphatic heterocycles. The predicted molar refractivity (Wildman–Crippen MR) is 59.0 cm³/mol. The maximum Gasteiger partial charge on any atom is 0.302 e. The molecule has 0 aromatic rings. The third-order valence-corrected chi connectivity index (χ3v) is 1.65. The van der Waals surface area contributed by atoms with E-state index in [1.165, 1.54) is 13.8 Å². The minimum atomic E-state index is -0.263. The van der Waals surface area contributed by atoms with Crippen LogP contribution in [0.1, 0.15) is 13.8 Å². The summed E-state index contributed by atoms with van der Waals surface area (Å²) in [6.45, 7) is 6.40. The summed E-state index contributed by atoms with van der Waals surface area (Å²) in [5.41, 5.74) is 0. The average Bonchev–Trinajstić information content (AvgIpc) is 2.20. The van der Waals surface area contributed by atoms with Gasteiger partial charge in [0.05, 0.1) is 0 Å². The summed E-state index contributed by atoms with van der Waals surface area (Å²) in [6.07, 6.45) is 0. The number of ether oxygens (including phenoxy) is 2. The lowest BCUT2D eigenvalue weighted by atomic mass is 10.5. The fourth-order valence-corrected chi connectivity index (χ4v) is 0.961. The molecule has 0 bridgehead atoms. The Kier molecular flexibility index (Phi) is 9.64. The Labute approximate surface area is 95.7 Å². The van der Waals surface area contributed by atoms with Crippen LogP contribution >= 0.6 is 0 Å². The Bertz CT molecular complexity index is 187. The van der Waals surface area contributed by atoms with Gasteiger partial charge < -0.3 is 20.1 Å². The fraction of sp³-hybridized carbons (Fsp3) is 0.800. The van der Waals surface area contributed by atoms with Gasteiger partial charge >= 0.3 is 11.9 Å². The summed E-state index contributed by atoms with van der Waals surface area (Å²) in [5.74, 6) is -0.525. The second kappa shape index (κ2) is 10.4. The summed E-state index contributed by atoms with van der Waals surface area (Å²) in [7, 11) is 0. The molecular formula is C10H20N2O4. The summed E-state index contributed by atoms with van der Waals surface area (Å²) in [6, 6.07) is 0. The maximum absolute atomic E-state index is 10.4. The van der Waals surface area contributed by atoms with Crippen LogP contribution < -0.4 is 10.6 Å². The average molecular weight is 232 g/mol. The minimum absolute atomic E-state index is 0.263. The highest BCUT2D eigenvalue weighted by molar-refractivity contribution is 5.66. The molecule has 0 aromatic heterocycles. The molecule has 0 saturated carbocycles. The Morgan fingerprint density at radius 3 is 1.50 bits per heavy atom. The van der Waals surface area contributed by atoms with E-state index in [9.17, 15) is 9.59 Å². The first-order valence-corrected chi connectivity index (χ1v) is 5.31. The molecule has 6 nitrogen and oxygen atoms in total.